The molecule has 2 aliphatic rings. The van der Waals surface area contributed by atoms with E-state index in [-0.39, 0.29) is 12.0 Å². The fourth-order valence-corrected chi connectivity index (χ4v) is 4.43. The first-order chi connectivity index (χ1) is 9.40. The number of hydrogen-bond donors (Lipinski definition) is 2. The van der Waals surface area contributed by atoms with Crippen molar-refractivity contribution in [2.24, 2.45) is 29.4 Å². The molecule has 4 heteroatoms. The van der Waals surface area contributed by atoms with Crippen LogP contribution in [0.4, 0.5) is 0 Å². The van der Waals surface area contributed by atoms with Crippen LogP contribution in [0.1, 0.15) is 52.9 Å². The maximum Gasteiger partial charge on any atom is 0.308 e. The van der Waals surface area contributed by atoms with E-state index in [1.165, 1.54) is 0 Å². The van der Waals surface area contributed by atoms with Gasteiger partial charge in [0, 0.05) is 11.5 Å². The highest BCUT2D eigenvalue weighted by molar-refractivity contribution is 5.72. The molecule has 1 aliphatic carbocycles. The Balaban J connectivity index is 2.30. The number of carboxylic acid groups (broad SMARTS) is 1. The van der Waals surface area contributed by atoms with Crippen molar-refractivity contribution < 1.29 is 14.6 Å². The van der Waals surface area contributed by atoms with Crippen LogP contribution < -0.4 is 5.73 Å². The second kappa shape index (κ2) is 6.02. The summed E-state index contributed by atoms with van der Waals surface area (Å²) in [6.07, 6.45) is 4.88. The molecule has 1 saturated heterocycles. The van der Waals surface area contributed by atoms with E-state index in [4.69, 9.17) is 10.5 Å². The average Bonchev–Trinajstić information content (AvgIpc) is 2.58. The van der Waals surface area contributed by atoms with Gasteiger partial charge >= 0.3 is 5.97 Å². The Morgan fingerprint density at radius 1 is 1.40 bits per heavy atom. The smallest absolute Gasteiger partial charge is 0.308 e. The molecule has 1 aliphatic heterocycles. The maximum absolute atomic E-state index is 11.6. The molecule has 0 aromatic heterocycles. The molecular formula is C16H29NO3. The number of ether oxygens (including phenoxy) is 1. The third-order valence-electron chi connectivity index (χ3n) is 5.79. The molecule has 1 heterocycles. The summed E-state index contributed by atoms with van der Waals surface area (Å²) in [4.78, 5) is 11.6. The monoisotopic (exact) mass is 283 g/mol. The van der Waals surface area contributed by atoms with Gasteiger partial charge in [-0.2, -0.15) is 0 Å². The predicted molar refractivity (Wildman–Crippen MR) is 78.4 cm³/mol. The minimum Gasteiger partial charge on any atom is -0.481 e. The van der Waals surface area contributed by atoms with Gasteiger partial charge in [-0.15, -0.1) is 0 Å². The van der Waals surface area contributed by atoms with Crippen molar-refractivity contribution in [2.75, 3.05) is 6.61 Å². The molecule has 1 saturated carbocycles. The lowest BCUT2D eigenvalue weighted by Crippen LogP contribution is -2.61. The van der Waals surface area contributed by atoms with Gasteiger partial charge in [0.1, 0.15) is 0 Å². The first-order valence-corrected chi connectivity index (χ1v) is 8.03. The Kier molecular flexibility index (Phi) is 4.75. The molecule has 0 bridgehead atoms. The summed E-state index contributed by atoms with van der Waals surface area (Å²) in [7, 11) is 0. The van der Waals surface area contributed by atoms with Gasteiger partial charge in [-0.25, -0.2) is 0 Å². The number of aliphatic carboxylic acids is 1. The Labute approximate surface area is 122 Å². The van der Waals surface area contributed by atoms with E-state index < -0.39 is 17.4 Å². The van der Waals surface area contributed by atoms with Gasteiger partial charge < -0.3 is 15.6 Å². The predicted octanol–water partition coefficient (Wildman–Crippen LogP) is 2.66. The highest BCUT2D eigenvalue weighted by Crippen LogP contribution is 2.48. The van der Waals surface area contributed by atoms with Crippen molar-refractivity contribution >= 4 is 5.97 Å². The van der Waals surface area contributed by atoms with Crippen molar-refractivity contribution in [3.8, 4) is 0 Å². The first kappa shape index (κ1) is 15.8. The highest BCUT2D eigenvalue weighted by Gasteiger charge is 2.52. The van der Waals surface area contributed by atoms with Gasteiger partial charge in [0.2, 0.25) is 0 Å². The van der Waals surface area contributed by atoms with Crippen LogP contribution in [0.3, 0.4) is 0 Å². The number of nitrogens with two attached hydrogens (primary N) is 1. The van der Waals surface area contributed by atoms with Gasteiger partial charge in [0.15, 0.2) is 0 Å². The third-order valence-corrected chi connectivity index (χ3v) is 5.79. The Bertz CT molecular complexity index is 360. The van der Waals surface area contributed by atoms with Crippen LogP contribution in [0.15, 0.2) is 0 Å². The number of fused-ring (bicyclic) bond motifs is 1. The van der Waals surface area contributed by atoms with E-state index in [1.54, 1.807) is 0 Å². The number of carboxylic acids is 1. The topological polar surface area (TPSA) is 72.5 Å². The molecule has 0 radical (unpaired) electrons. The standard InChI is InChI=1S/C16H29NO3/c1-4-13(15(18)19)16(17)8-7-10(2)12-6-5-11(3)20-9-14(12)16/h10-14H,4-9,17H2,1-3H3,(H,18,19)/t10-,11+,12?,13?,14?,16-/m1/s1. The third kappa shape index (κ3) is 2.73. The summed E-state index contributed by atoms with van der Waals surface area (Å²) in [5.41, 5.74) is 6.08. The van der Waals surface area contributed by atoms with E-state index in [0.29, 0.717) is 24.9 Å². The van der Waals surface area contributed by atoms with E-state index in [0.717, 1.165) is 25.7 Å². The Hall–Kier alpha value is -0.610. The number of carbonyl (C=O) groups is 1. The van der Waals surface area contributed by atoms with E-state index >= 15 is 0 Å². The van der Waals surface area contributed by atoms with Crippen LogP contribution >= 0.6 is 0 Å². The van der Waals surface area contributed by atoms with Crippen LogP contribution in [0.2, 0.25) is 0 Å². The summed E-state index contributed by atoms with van der Waals surface area (Å²) in [6, 6.07) is 0. The van der Waals surface area contributed by atoms with E-state index in [2.05, 4.69) is 13.8 Å². The van der Waals surface area contributed by atoms with Crippen molar-refractivity contribution in [3.63, 3.8) is 0 Å². The fourth-order valence-electron chi connectivity index (χ4n) is 4.43. The van der Waals surface area contributed by atoms with Crippen LogP contribution in [-0.2, 0) is 9.53 Å². The summed E-state index contributed by atoms with van der Waals surface area (Å²) >= 11 is 0. The molecule has 116 valence electrons. The van der Waals surface area contributed by atoms with Crippen LogP contribution in [0.25, 0.3) is 0 Å². The van der Waals surface area contributed by atoms with Crippen molar-refractivity contribution in [2.45, 2.75) is 64.5 Å². The second-order valence-corrected chi connectivity index (χ2v) is 6.92. The Morgan fingerprint density at radius 3 is 2.70 bits per heavy atom. The second-order valence-electron chi connectivity index (χ2n) is 6.92. The summed E-state index contributed by atoms with van der Waals surface area (Å²) in [6.45, 7) is 6.95. The van der Waals surface area contributed by atoms with Crippen molar-refractivity contribution in [1.29, 1.82) is 0 Å². The molecule has 3 N–H and O–H groups in total. The summed E-state index contributed by atoms with van der Waals surface area (Å²) in [5.74, 6) is 0.0985. The lowest BCUT2D eigenvalue weighted by atomic mass is 9.58. The lowest BCUT2D eigenvalue weighted by molar-refractivity contribution is -0.148. The van der Waals surface area contributed by atoms with Crippen molar-refractivity contribution in [1.82, 2.24) is 0 Å². The molecule has 0 amide bonds. The first-order valence-electron chi connectivity index (χ1n) is 8.03. The largest absolute Gasteiger partial charge is 0.481 e. The van der Waals surface area contributed by atoms with Gasteiger partial charge in [0.25, 0.3) is 0 Å². The normalized spacial score (nSPS) is 43.4. The molecule has 2 rings (SSSR count). The summed E-state index contributed by atoms with van der Waals surface area (Å²) < 4.78 is 5.92. The average molecular weight is 283 g/mol. The zero-order chi connectivity index (χ0) is 14.9. The minimum atomic E-state index is -0.749. The zero-order valence-corrected chi connectivity index (χ0v) is 13.0. The Morgan fingerprint density at radius 2 is 2.10 bits per heavy atom. The molecule has 0 aromatic carbocycles. The van der Waals surface area contributed by atoms with Gasteiger partial charge in [0.05, 0.1) is 18.6 Å². The maximum atomic E-state index is 11.6. The van der Waals surface area contributed by atoms with Crippen LogP contribution in [0.5, 0.6) is 0 Å². The van der Waals surface area contributed by atoms with Gasteiger partial charge in [-0.3, -0.25) is 4.79 Å². The van der Waals surface area contributed by atoms with Crippen molar-refractivity contribution in [3.05, 3.63) is 0 Å². The highest BCUT2D eigenvalue weighted by atomic mass is 16.5. The van der Waals surface area contributed by atoms with Crippen LogP contribution in [0, 0.1) is 23.7 Å². The van der Waals surface area contributed by atoms with Gasteiger partial charge in [-0.1, -0.05) is 13.8 Å². The molecule has 2 fully saturated rings. The van der Waals surface area contributed by atoms with Gasteiger partial charge in [-0.05, 0) is 50.9 Å². The molecule has 3 unspecified atom stereocenters. The fraction of sp³-hybridized carbons (Fsp3) is 0.938. The molecule has 0 aromatic rings. The van der Waals surface area contributed by atoms with E-state index in [9.17, 15) is 9.90 Å². The number of hydrogen-bond acceptors (Lipinski definition) is 3. The minimum absolute atomic E-state index is 0.178. The molecule has 4 nitrogen and oxygen atoms in total. The number of rotatable bonds is 3. The molecular weight excluding hydrogens is 254 g/mol. The molecule has 6 atom stereocenters. The zero-order valence-electron chi connectivity index (χ0n) is 13.0. The van der Waals surface area contributed by atoms with E-state index in [1.807, 2.05) is 6.92 Å². The quantitative estimate of drug-likeness (QED) is 0.835. The lowest BCUT2D eigenvalue weighted by Gasteiger charge is -2.50. The molecule has 20 heavy (non-hydrogen) atoms. The molecule has 0 spiro atoms. The SMILES string of the molecule is CCC(C(=O)O)[C@]1(N)CC[C@@H](C)C2CC[C@H](C)OCC21. The van der Waals surface area contributed by atoms with Crippen LogP contribution in [-0.4, -0.2) is 29.3 Å². The summed E-state index contributed by atoms with van der Waals surface area (Å²) in [5, 5.41) is 9.55.